The number of para-hydroxylation sites is 1. The summed E-state index contributed by atoms with van der Waals surface area (Å²) in [5.74, 6) is 0.158. The molecule has 2 aromatic rings. The molecule has 0 N–H and O–H groups in total. The van der Waals surface area contributed by atoms with Gasteiger partial charge in [-0.05, 0) is 6.07 Å². The zero-order chi connectivity index (χ0) is 10.3. The van der Waals surface area contributed by atoms with Crippen LogP contribution in [0.5, 0.6) is 0 Å². The molecule has 76 valence electrons. The topological polar surface area (TPSA) is 39.4 Å². The fourth-order valence-electron chi connectivity index (χ4n) is 1.97. The summed E-state index contributed by atoms with van der Waals surface area (Å²) in [6, 6.07) is 7.78. The first-order valence-corrected chi connectivity index (χ1v) is 4.94. The molecule has 0 saturated carbocycles. The van der Waals surface area contributed by atoms with Gasteiger partial charge in [-0.15, -0.1) is 0 Å². The maximum Gasteiger partial charge on any atom is 0.161 e. The van der Waals surface area contributed by atoms with Gasteiger partial charge in [-0.3, -0.25) is 4.79 Å². The smallest absolute Gasteiger partial charge is 0.161 e. The van der Waals surface area contributed by atoms with Crippen LogP contribution in [0.3, 0.4) is 0 Å². The average molecular weight is 202 g/mol. The summed E-state index contributed by atoms with van der Waals surface area (Å²) < 4.78 is 10.8. The van der Waals surface area contributed by atoms with Crippen molar-refractivity contribution in [1.82, 2.24) is 0 Å². The summed E-state index contributed by atoms with van der Waals surface area (Å²) >= 11 is 0. The molecule has 1 aliphatic rings. The first-order chi connectivity index (χ1) is 7.34. The Balaban J connectivity index is 2.07. The Labute approximate surface area is 86.6 Å². The molecular formula is C12H10O3. The van der Waals surface area contributed by atoms with E-state index in [1.54, 1.807) is 6.26 Å². The number of benzene rings is 1. The van der Waals surface area contributed by atoms with Gasteiger partial charge in [0.1, 0.15) is 12.2 Å². The molecule has 1 aliphatic heterocycles. The first-order valence-electron chi connectivity index (χ1n) is 4.94. The van der Waals surface area contributed by atoms with Gasteiger partial charge in [0.25, 0.3) is 0 Å². The van der Waals surface area contributed by atoms with Gasteiger partial charge in [0.15, 0.2) is 5.78 Å². The van der Waals surface area contributed by atoms with Gasteiger partial charge in [0.2, 0.25) is 0 Å². The Morgan fingerprint density at radius 3 is 2.93 bits per heavy atom. The molecule has 1 aromatic carbocycles. The van der Waals surface area contributed by atoms with Crippen molar-refractivity contribution in [3.8, 4) is 0 Å². The lowest BCUT2D eigenvalue weighted by molar-refractivity contribution is -0.117. The molecule has 1 unspecified atom stereocenters. The van der Waals surface area contributed by atoms with Gasteiger partial charge in [-0.25, -0.2) is 0 Å². The standard InChI is InChI=1S/C12H10O3/c13-8-5-12(14-6-8)10-7-15-11-4-2-1-3-9(10)11/h1-4,7,12H,5-6H2. The molecule has 3 heteroatoms. The number of furan rings is 1. The van der Waals surface area contributed by atoms with Crippen LogP contribution < -0.4 is 0 Å². The van der Waals surface area contributed by atoms with E-state index in [0.29, 0.717) is 6.42 Å². The van der Waals surface area contributed by atoms with E-state index < -0.39 is 0 Å². The summed E-state index contributed by atoms with van der Waals surface area (Å²) in [4.78, 5) is 11.1. The van der Waals surface area contributed by atoms with Crippen molar-refractivity contribution in [1.29, 1.82) is 0 Å². The molecule has 3 nitrogen and oxygen atoms in total. The van der Waals surface area contributed by atoms with Crippen LogP contribution in [-0.4, -0.2) is 12.4 Å². The van der Waals surface area contributed by atoms with E-state index in [9.17, 15) is 4.79 Å². The van der Waals surface area contributed by atoms with E-state index >= 15 is 0 Å². The molecule has 2 heterocycles. The quantitative estimate of drug-likeness (QED) is 0.713. The molecule has 0 amide bonds. The van der Waals surface area contributed by atoms with Crippen LogP contribution >= 0.6 is 0 Å². The molecule has 0 spiro atoms. The third-order valence-corrected chi connectivity index (χ3v) is 2.72. The highest BCUT2D eigenvalue weighted by atomic mass is 16.5. The van der Waals surface area contributed by atoms with Crippen LogP contribution in [0.1, 0.15) is 18.1 Å². The summed E-state index contributed by atoms with van der Waals surface area (Å²) in [7, 11) is 0. The Morgan fingerprint density at radius 2 is 2.13 bits per heavy atom. The van der Waals surface area contributed by atoms with E-state index in [1.165, 1.54) is 0 Å². The van der Waals surface area contributed by atoms with Crippen molar-refractivity contribution in [3.05, 3.63) is 36.1 Å². The predicted molar refractivity (Wildman–Crippen MR) is 54.5 cm³/mol. The van der Waals surface area contributed by atoms with Crippen molar-refractivity contribution >= 4 is 16.8 Å². The largest absolute Gasteiger partial charge is 0.464 e. The third-order valence-electron chi connectivity index (χ3n) is 2.72. The molecule has 0 aliphatic carbocycles. The molecule has 1 atom stereocenters. The highest BCUT2D eigenvalue weighted by molar-refractivity contribution is 5.85. The minimum atomic E-state index is -0.124. The van der Waals surface area contributed by atoms with Gasteiger partial charge in [0.05, 0.1) is 12.4 Å². The Hall–Kier alpha value is -1.61. The second-order valence-corrected chi connectivity index (χ2v) is 3.73. The van der Waals surface area contributed by atoms with Crippen LogP contribution in [0.25, 0.3) is 11.0 Å². The molecule has 3 rings (SSSR count). The predicted octanol–water partition coefficient (Wildman–Crippen LogP) is 2.46. The molecule has 0 radical (unpaired) electrons. The van der Waals surface area contributed by atoms with E-state index in [4.69, 9.17) is 9.15 Å². The monoisotopic (exact) mass is 202 g/mol. The zero-order valence-corrected chi connectivity index (χ0v) is 8.10. The number of carbonyl (C=O) groups excluding carboxylic acids is 1. The number of hydrogen-bond acceptors (Lipinski definition) is 3. The van der Waals surface area contributed by atoms with E-state index in [-0.39, 0.29) is 18.5 Å². The van der Waals surface area contributed by atoms with Crippen molar-refractivity contribution in [2.45, 2.75) is 12.5 Å². The molecule has 15 heavy (non-hydrogen) atoms. The summed E-state index contributed by atoms with van der Waals surface area (Å²) in [5.41, 5.74) is 1.83. The molecule has 1 fully saturated rings. The van der Waals surface area contributed by atoms with E-state index in [1.807, 2.05) is 24.3 Å². The summed E-state index contributed by atoms with van der Waals surface area (Å²) in [6.07, 6.45) is 2.03. The number of Topliss-reactive ketones (excluding diaryl/α,β-unsaturated/α-hetero) is 1. The Bertz CT molecular complexity index is 512. The minimum absolute atomic E-state index is 0.124. The van der Waals surface area contributed by atoms with E-state index in [0.717, 1.165) is 16.5 Å². The number of ether oxygens (including phenoxy) is 1. The number of rotatable bonds is 1. The fraction of sp³-hybridized carbons (Fsp3) is 0.250. The molecule has 1 saturated heterocycles. The maximum absolute atomic E-state index is 11.1. The lowest BCUT2D eigenvalue weighted by Crippen LogP contribution is -1.93. The Morgan fingerprint density at radius 1 is 1.27 bits per heavy atom. The Kier molecular flexibility index (Phi) is 1.86. The molecule has 1 aromatic heterocycles. The number of carbonyl (C=O) groups is 1. The van der Waals surface area contributed by atoms with Gasteiger partial charge in [-0.2, -0.15) is 0 Å². The van der Waals surface area contributed by atoms with Crippen molar-refractivity contribution in [2.24, 2.45) is 0 Å². The second-order valence-electron chi connectivity index (χ2n) is 3.73. The lowest BCUT2D eigenvalue weighted by Gasteiger charge is -2.04. The fourth-order valence-corrected chi connectivity index (χ4v) is 1.97. The zero-order valence-electron chi connectivity index (χ0n) is 8.10. The summed E-state index contributed by atoms with van der Waals surface area (Å²) in [5, 5.41) is 1.04. The van der Waals surface area contributed by atoms with Gasteiger partial charge in [0, 0.05) is 17.4 Å². The SMILES string of the molecule is O=C1COC(c2coc3ccccc23)C1. The molecule has 0 bridgehead atoms. The highest BCUT2D eigenvalue weighted by Gasteiger charge is 2.26. The van der Waals surface area contributed by atoms with Crippen LogP contribution in [0, 0.1) is 0 Å². The maximum atomic E-state index is 11.1. The van der Waals surface area contributed by atoms with Crippen LogP contribution in [0.2, 0.25) is 0 Å². The minimum Gasteiger partial charge on any atom is -0.464 e. The van der Waals surface area contributed by atoms with Crippen molar-refractivity contribution in [3.63, 3.8) is 0 Å². The van der Waals surface area contributed by atoms with Gasteiger partial charge in [-0.1, -0.05) is 18.2 Å². The van der Waals surface area contributed by atoms with Crippen LogP contribution in [-0.2, 0) is 9.53 Å². The highest BCUT2D eigenvalue weighted by Crippen LogP contribution is 2.33. The van der Waals surface area contributed by atoms with Crippen molar-refractivity contribution < 1.29 is 13.9 Å². The summed E-state index contributed by atoms with van der Waals surface area (Å²) in [6.45, 7) is 0.226. The molecular weight excluding hydrogens is 192 g/mol. The number of hydrogen-bond donors (Lipinski definition) is 0. The number of ketones is 1. The second kappa shape index (κ2) is 3.21. The first kappa shape index (κ1) is 8.68. The lowest BCUT2D eigenvalue weighted by atomic mass is 10.1. The normalized spacial score (nSPS) is 21.3. The van der Waals surface area contributed by atoms with Gasteiger partial charge < -0.3 is 9.15 Å². The van der Waals surface area contributed by atoms with E-state index in [2.05, 4.69) is 0 Å². The van der Waals surface area contributed by atoms with Crippen molar-refractivity contribution in [2.75, 3.05) is 6.61 Å². The third kappa shape index (κ3) is 1.36. The average Bonchev–Trinajstić information content (AvgIpc) is 2.83. The van der Waals surface area contributed by atoms with Crippen LogP contribution in [0.4, 0.5) is 0 Å². The number of fused-ring (bicyclic) bond motifs is 1. The van der Waals surface area contributed by atoms with Crippen LogP contribution in [0.15, 0.2) is 34.9 Å². The van der Waals surface area contributed by atoms with Gasteiger partial charge >= 0.3 is 0 Å².